The van der Waals surface area contributed by atoms with Crippen LogP contribution in [0.4, 0.5) is 0 Å². The van der Waals surface area contributed by atoms with Crippen molar-refractivity contribution in [3.8, 4) is 17.2 Å². The van der Waals surface area contributed by atoms with Gasteiger partial charge in [-0.05, 0) is 31.0 Å². The first kappa shape index (κ1) is 21.5. The molecule has 1 N–H and O–H groups in total. The van der Waals surface area contributed by atoms with Crippen molar-refractivity contribution in [3.05, 3.63) is 53.6 Å². The minimum absolute atomic E-state index is 0.0135. The minimum Gasteiger partial charge on any atom is -0.497 e. The normalized spacial score (nSPS) is 14.2. The maximum absolute atomic E-state index is 12.7. The van der Waals surface area contributed by atoms with Crippen molar-refractivity contribution in [1.29, 1.82) is 0 Å². The van der Waals surface area contributed by atoms with E-state index in [4.69, 9.17) is 14.2 Å². The molecule has 1 heterocycles. The molecule has 2 aromatic carbocycles. The van der Waals surface area contributed by atoms with Crippen LogP contribution in [0.1, 0.15) is 28.8 Å². The monoisotopic (exact) mass is 412 g/mol. The molecule has 3 rings (SSSR count). The summed E-state index contributed by atoms with van der Waals surface area (Å²) in [6.07, 6.45) is 1.73. The van der Waals surface area contributed by atoms with Gasteiger partial charge in [0.05, 0.1) is 33.3 Å². The smallest absolute Gasteiger partial charge is 0.255 e. The van der Waals surface area contributed by atoms with Crippen molar-refractivity contribution in [2.45, 2.75) is 25.3 Å². The molecule has 0 radical (unpaired) electrons. The van der Waals surface area contributed by atoms with E-state index in [0.29, 0.717) is 49.4 Å². The van der Waals surface area contributed by atoms with Gasteiger partial charge in [-0.1, -0.05) is 18.2 Å². The Bertz CT molecular complexity index is 891. The fourth-order valence-corrected chi connectivity index (χ4v) is 3.65. The summed E-state index contributed by atoms with van der Waals surface area (Å²) in [5.74, 6) is 1.71. The number of para-hydroxylation sites is 1. The molecule has 160 valence electrons. The molecule has 0 aliphatic carbocycles. The van der Waals surface area contributed by atoms with Gasteiger partial charge in [0, 0.05) is 30.8 Å². The predicted molar refractivity (Wildman–Crippen MR) is 113 cm³/mol. The van der Waals surface area contributed by atoms with E-state index < -0.39 is 0 Å². The number of hydrogen-bond acceptors (Lipinski definition) is 5. The van der Waals surface area contributed by atoms with E-state index in [-0.39, 0.29) is 17.9 Å². The molecule has 2 aromatic rings. The topological polar surface area (TPSA) is 77.1 Å². The van der Waals surface area contributed by atoms with Crippen LogP contribution in [0.2, 0.25) is 0 Å². The first-order valence-electron chi connectivity index (χ1n) is 9.98. The highest BCUT2D eigenvalue weighted by molar-refractivity contribution is 5.97. The van der Waals surface area contributed by atoms with E-state index in [1.54, 1.807) is 32.4 Å². The van der Waals surface area contributed by atoms with Gasteiger partial charge in [0.15, 0.2) is 0 Å². The van der Waals surface area contributed by atoms with Crippen molar-refractivity contribution in [2.75, 3.05) is 34.4 Å². The van der Waals surface area contributed by atoms with Gasteiger partial charge in [-0.3, -0.25) is 9.59 Å². The van der Waals surface area contributed by atoms with Gasteiger partial charge >= 0.3 is 0 Å². The average molecular weight is 412 g/mol. The Balaban J connectivity index is 1.54. The molecule has 1 saturated heterocycles. The summed E-state index contributed by atoms with van der Waals surface area (Å²) in [4.78, 5) is 27.2. The zero-order chi connectivity index (χ0) is 21.5. The number of carbonyl (C=O) groups is 2. The van der Waals surface area contributed by atoms with Crippen LogP contribution >= 0.6 is 0 Å². The molecule has 2 amide bonds. The average Bonchev–Trinajstić information content (AvgIpc) is 2.79. The number of rotatable bonds is 7. The fraction of sp³-hybridized carbons (Fsp3) is 0.391. The maximum Gasteiger partial charge on any atom is 0.255 e. The van der Waals surface area contributed by atoms with Crippen molar-refractivity contribution < 1.29 is 23.8 Å². The Morgan fingerprint density at radius 2 is 1.67 bits per heavy atom. The molecule has 0 unspecified atom stereocenters. The lowest BCUT2D eigenvalue weighted by Crippen LogP contribution is -2.47. The van der Waals surface area contributed by atoms with Gasteiger partial charge in [-0.2, -0.15) is 0 Å². The zero-order valence-corrected chi connectivity index (χ0v) is 17.6. The Morgan fingerprint density at radius 3 is 2.33 bits per heavy atom. The van der Waals surface area contributed by atoms with E-state index in [1.807, 2.05) is 29.2 Å². The molecule has 1 fully saturated rings. The SMILES string of the molecule is COc1ccc(C(=O)NC2CCN(C(=O)Cc3ccccc3OC)CC2)c(OC)c1. The summed E-state index contributed by atoms with van der Waals surface area (Å²) in [5, 5.41) is 3.06. The van der Waals surface area contributed by atoms with Crippen LogP contribution in [0.25, 0.3) is 0 Å². The number of hydrogen-bond donors (Lipinski definition) is 1. The number of carbonyl (C=O) groups excluding carboxylic acids is 2. The molecule has 7 nitrogen and oxygen atoms in total. The highest BCUT2D eigenvalue weighted by atomic mass is 16.5. The third-order valence-corrected chi connectivity index (χ3v) is 5.37. The third-order valence-electron chi connectivity index (χ3n) is 5.37. The summed E-state index contributed by atoms with van der Waals surface area (Å²) in [5.41, 5.74) is 1.35. The van der Waals surface area contributed by atoms with E-state index in [0.717, 1.165) is 11.3 Å². The van der Waals surface area contributed by atoms with E-state index >= 15 is 0 Å². The summed E-state index contributed by atoms with van der Waals surface area (Å²) in [7, 11) is 4.70. The van der Waals surface area contributed by atoms with Crippen LogP contribution in [-0.2, 0) is 11.2 Å². The van der Waals surface area contributed by atoms with Crippen LogP contribution in [-0.4, -0.2) is 57.2 Å². The highest BCUT2D eigenvalue weighted by Crippen LogP contribution is 2.25. The van der Waals surface area contributed by atoms with E-state index in [2.05, 4.69) is 5.32 Å². The molecule has 30 heavy (non-hydrogen) atoms. The Labute approximate surface area is 176 Å². The van der Waals surface area contributed by atoms with Gasteiger partial charge in [-0.25, -0.2) is 0 Å². The molecular formula is C23H28N2O5. The number of piperidine rings is 1. The van der Waals surface area contributed by atoms with Gasteiger partial charge in [0.25, 0.3) is 5.91 Å². The van der Waals surface area contributed by atoms with E-state index in [9.17, 15) is 9.59 Å². The van der Waals surface area contributed by atoms with Gasteiger partial charge in [0.1, 0.15) is 17.2 Å². The standard InChI is InChI=1S/C23H28N2O5/c1-28-18-8-9-19(21(15-18)30-3)23(27)24-17-10-12-25(13-11-17)22(26)14-16-6-4-5-7-20(16)29-2/h4-9,15,17H,10-14H2,1-3H3,(H,24,27). The molecule has 0 saturated carbocycles. The lowest BCUT2D eigenvalue weighted by Gasteiger charge is -2.32. The van der Waals surface area contributed by atoms with Gasteiger partial charge < -0.3 is 24.4 Å². The van der Waals surface area contributed by atoms with Gasteiger partial charge in [0.2, 0.25) is 5.91 Å². The largest absolute Gasteiger partial charge is 0.497 e. The van der Waals surface area contributed by atoms with Crippen molar-refractivity contribution in [3.63, 3.8) is 0 Å². The number of methoxy groups -OCH3 is 3. The van der Waals surface area contributed by atoms with Crippen LogP contribution in [0, 0.1) is 0 Å². The molecule has 0 aromatic heterocycles. The maximum atomic E-state index is 12.7. The molecule has 0 atom stereocenters. The third kappa shape index (κ3) is 5.03. The van der Waals surface area contributed by atoms with Crippen LogP contribution in [0.5, 0.6) is 17.2 Å². The fourth-order valence-electron chi connectivity index (χ4n) is 3.65. The first-order valence-corrected chi connectivity index (χ1v) is 9.98. The molecular weight excluding hydrogens is 384 g/mol. The molecule has 1 aliphatic heterocycles. The lowest BCUT2D eigenvalue weighted by atomic mass is 10.0. The summed E-state index contributed by atoms with van der Waals surface area (Å²) in [6.45, 7) is 1.22. The second-order valence-electron chi connectivity index (χ2n) is 7.18. The quantitative estimate of drug-likeness (QED) is 0.757. The first-order chi connectivity index (χ1) is 14.5. The highest BCUT2D eigenvalue weighted by Gasteiger charge is 2.25. The molecule has 0 spiro atoms. The van der Waals surface area contributed by atoms with Crippen LogP contribution in [0.15, 0.2) is 42.5 Å². The number of benzene rings is 2. The zero-order valence-electron chi connectivity index (χ0n) is 17.6. The van der Waals surface area contributed by atoms with Crippen LogP contribution < -0.4 is 19.5 Å². The Morgan fingerprint density at radius 1 is 0.967 bits per heavy atom. The number of nitrogens with one attached hydrogen (secondary N) is 1. The Kier molecular flexibility index (Phi) is 7.17. The van der Waals surface area contributed by atoms with Crippen LogP contribution in [0.3, 0.4) is 0 Å². The lowest BCUT2D eigenvalue weighted by molar-refractivity contribution is -0.131. The summed E-state index contributed by atoms with van der Waals surface area (Å²) < 4.78 is 15.8. The molecule has 7 heteroatoms. The number of ether oxygens (including phenoxy) is 3. The second-order valence-corrected chi connectivity index (χ2v) is 7.18. The number of nitrogens with zero attached hydrogens (tertiary/aromatic N) is 1. The minimum atomic E-state index is -0.187. The number of amides is 2. The molecule has 1 aliphatic rings. The summed E-state index contributed by atoms with van der Waals surface area (Å²) >= 11 is 0. The van der Waals surface area contributed by atoms with Gasteiger partial charge in [-0.15, -0.1) is 0 Å². The Hall–Kier alpha value is -3.22. The van der Waals surface area contributed by atoms with E-state index in [1.165, 1.54) is 7.11 Å². The van der Waals surface area contributed by atoms with Crippen molar-refractivity contribution in [2.24, 2.45) is 0 Å². The number of likely N-dealkylation sites (tertiary alicyclic amines) is 1. The predicted octanol–water partition coefficient (Wildman–Crippen LogP) is 2.68. The summed E-state index contributed by atoms with van der Waals surface area (Å²) in [6, 6.07) is 12.7. The second kappa shape index (κ2) is 10.0. The molecule has 0 bridgehead atoms. The van der Waals surface area contributed by atoms with Crippen molar-refractivity contribution in [1.82, 2.24) is 10.2 Å². The van der Waals surface area contributed by atoms with Crippen molar-refractivity contribution >= 4 is 11.8 Å².